The number of carbonyl (C=O) groups excluding carboxylic acids is 1. The van der Waals surface area contributed by atoms with Gasteiger partial charge in [0.1, 0.15) is 11.4 Å². The maximum Gasteiger partial charge on any atom is 0.289 e. The number of aromatic nitrogens is 2. The molecule has 0 aliphatic carbocycles. The van der Waals surface area contributed by atoms with Gasteiger partial charge in [0.05, 0.1) is 18.5 Å². The monoisotopic (exact) mass is 412 g/mol. The summed E-state index contributed by atoms with van der Waals surface area (Å²) in [6.07, 6.45) is 1.58. The molecule has 3 aromatic rings. The average molecular weight is 413 g/mol. The summed E-state index contributed by atoms with van der Waals surface area (Å²) in [6, 6.07) is 16.8. The van der Waals surface area contributed by atoms with Crippen LogP contribution in [-0.4, -0.2) is 28.9 Å². The molecule has 7 heteroatoms. The van der Waals surface area contributed by atoms with Gasteiger partial charge in [-0.1, -0.05) is 34.1 Å². The Morgan fingerprint density at radius 3 is 2.77 bits per heavy atom. The van der Waals surface area contributed by atoms with Gasteiger partial charge in [0.25, 0.3) is 5.91 Å². The minimum atomic E-state index is -0.363. The highest BCUT2D eigenvalue weighted by Crippen LogP contribution is 2.21. The second-order valence-electron chi connectivity index (χ2n) is 5.34. The highest BCUT2D eigenvalue weighted by molar-refractivity contribution is 9.10. The van der Waals surface area contributed by atoms with E-state index in [0.717, 1.165) is 21.3 Å². The molecule has 0 unspecified atom stereocenters. The lowest BCUT2D eigenvalue weighted by atomic mass is 10.1. The quantitative estimate of drug-likeness (QED) is 0.474. The number of ether oxygens (including phenoxy) is 1. The van der Waals surface area contributed by atoms with Gasteiger partial charge in [-0.25, -0.2) is 5.43 Å². The topological polar surface area (TPSA) is 79.4 Å². The molecule has 0 atom stereocenters. The second kappa shape index (κ2) is 8.44. The molecule has 0 saturated carbocycles. The third kappa shape index (κ3) is 4.37. The number of hydrogen-bond acceptors (Lipinski definition) is 4. The van der Waals surface area contributed by atoms with Gasteiger partial charge in [-0.15, -0.1) is 0 Å². The van der Waals surface area contributed by atoms with Gasteiger partial charge in [-0.05, 0) is 43.3 Å². The van der Waals surface area contributed by atoms with Crippen molar-refractivity contribution in [1.82, 2.24) is 15.6 Å². The fraction of sp³-hybridized carbons (Fsp3) is 0.105. The summed E-state index contributed by atoms with van der Waals surface area (Å²) in [5.41, 5.74) is 5.25. The van der Waals surface area contributed by atoms with Crippen LogP contribution in [-0.2, 0) is 0 Å². The predicted molar refractivity (Wildman–Crippen MR) is 104 cm³/mol. The molecular weight excluding hydrogens is 396 g/mol. The predicted octanol–water partition coefficient (Wildman–Crippen LogP) is 4.00. The van der Waals surface area contributed by atoms with Crippen LogP contribution in [0.3, 0.4) is 0 Å². The highest BCUT2D eigenvalue weighted by Gasteiger charge is 2.10. The average Bonchev–Trinajstić information content (AvgIpc) is 3.14. The van der Waals surface area contributed by atoms with E-state index in [0.29, 0.717) is 18.0 Å². The maximum atomic E-state index is 12.2. The number of aromatic amines is 1. The normalized spacial score (nSPS) is 10.8. The Kier molecular flexibility index (Phi) is 5.80. The number of halogens is 1. The van der Waals surface area contributed by atoms with Crippen LogP contribution in [0, 0.1) is 0 Å². The van der Waals surface area contributed by atoms with Gasteiger partial charge in [-0.2, -0.15) is 10.2 Å². The molecule has 1 aromatic heterocycles. The molecule has 6 nitrogen and oxygen atoms in total. The van der Waals surface area contributed by atoms with E-state index in [-0.39, 0.29) is 5.91 Å². The molecule has 0 radical (unpaired) electrons. The van der Waals surface area contributed by atoms with Gasteiger partial charge in [0, 0.05) is 15.6 Å². The van der Waals surface area contributed by atoms with Gasteiger partial charge in [0.2, 0.25) is 0 Å². The van der Waals surface area contributed by atoms with Crippen molar-refractivity contribution in [2.75, 3.05) is 6.61 Å². The van der Waals surface area contributed by atoms with Gasteiger partial charge >= 0.3 is 0 Å². The molecule has 0 bridgehead atoms. The third-order valence-electron chi connectivity index (χ3n) is 3.56. The first-order chi connectivity index (χ1) is 12.7. The van der Waals surface area contributed by atoms with Crippen molar-refractivity contribution in [3.8, 4) is 17.0 Å². The van der Waals surface area contributed by atoms with Crippen LogP contribution in [0.1, 0.15) is 23.0 Å². The summed E-state index contributed by atoms with van der Waals surface area (Å²) in [5.74, 6) is 0.434. The lowest BCUT2D eigenvalue weighted by molar-refractivity contribution is 0.0950. The molecule has 2 N–H and O–H groups in total. The number of benzene rings is 2. The van der Waals surface area contributed by atoms with E-state index in [2.05, 4.69) is 36.7 Å². The number of hydrogen-bond donors (Lipinski definition) is 2. The fourth-order valence-electron chi connectivity index (χ4n) is 2.27. The Balaban J connectivity index is 1.65. The van der Waals surface area contributed by atoms with E-state index in [1.54, 1.807) is 12.3 Å². The summed E-state index contributed by atoms with van der Waals surface area (Å²) < 4.78 is 6.32. The van der Waals surface area contributed by atoms with Gasteiger partial charge < -0.3 is 4.74 Å². The van der Waals surface area contributed by atoms with Crippen molar-refractivity contribution in [2.24, 2.45) is 5.10 Å². The van der Waals surface area contributed by atoms with Gasteiger partial charge in [0.15, 0.2) is 0 Å². The molecule has 3 rings (SSSR count). The summed E-state index contributed by atoms with van der Waals surface area (Å²) in [7, 11) is 0. The maximum absolute atomic E-state index is 12.2. The number of nitrogens with zero attached hydrogens (tertiary/aromatic N) is 2. The van der Waals surface area contributed by atoms with Crippen molar-refractivity contribution < 1.29 is 9.53 Å². The van der Waals surface area contributed by atoms with E-state index in [1.165, 1.54) is 0 Å². The molecule has 0 aliphatic rings. The first-order valence-electron chi connectivity index (χ1n) is 8.04. The Morgan fingerprint density at radius 2 is 2.04 bits per heavy atom. The number of nitrogens with one attached hydrogen (secondary N) is 2. The number of rotatable bonds is 6. The summed E-state index contributed by atoms with van der Waals surface area (Å²) in [4.78, 5) is 12.2. The first kappa shape index (κ1) is 17.9. The minimum absolute atomic E-state index is 0.332. The van der Waals surface area contributed by atoms with E-state index in [4.69, 9.17) is 4.74 Å². The molecule has 0 aliphatic heterocycles. The zero-order chi connectivity index (χ0) is 18.4. The van der Waals surface area contributed by atoms with E-state index in [9.17, 15) is 4.79 Å². The molecule has 132 valence electrons. The summed E-state index contributed by atoms with van der Waals surface area (Å²) >= 11 is 3.42. The SMILES string of the molecule is CCOc1ccc(-c2cc(C(=O)N/N=C\c3ccccc3Br)[nH]n2)cc1. The molecule has 0 saturated heterocycles. The molecule has 0 fully saturated rings. The number of hydrazone groups is 1. The van der Waals surface area contributed by atoms with Crippen molar-refractivity contribution in [1.29, 1.82) is 0 Å². The standard InChI is InChI=1S/C19H17BrN4O2/c1-2-26-15-9-7-13(8-10-15)17-11-18(23-22-17)19(25)24-21-12-14-5-3-4-6-16(14)20/h3-12H,2H2,1H3,(H,22,23)(H,24,25)/b21-12-. The van der Waals surface area contributed by atoms with E-state index < -0.39 is 0 Å². The fourth-order valence-corrected chi connectivity index (χ4v) is 2.66. The van der Waals surface area contributed by atoms with Crippen LogP contribution in [0.15, 0.2) is 64.2 Å². The van der Waals surface area contributed by atoms with Gasteiger partial charge in [-0.3, -0.25) is 9.89 Å². The number of H-pyrrole nitrogens is 1. The van der Waals surface area contributed by atoms with Crippen LogP contribution in [0.5, 0.6) is 5.75 Å². The Hall–Kier alpha value is -2.93. The van der Waals surface area contributed by atoms with Crippen molar-refractivity contribution >= 4 is 28.1 Å². The largest absolute Gasteiger partial charge is 0.494 e. The molecule has 1 amide bonds. The molecule has 2 aromatic carbocycles. The Morgan fingerprint density at radius 1 is 1.27 bits per heavy atom. The van der Waals surface area contributed by atoms with Crippen LogP contribution >= 0.6 is 15.9 Å². The summed E-state index contributed by atoms with van der Waals surface area (Å²) in [6.45, 7) is 2.55. The first-order valence-corrected chi connectivity index (χ1v) is 8.83. The van der Waals surface area contributed by atoms with Crippen molar-refractivity contribution in [3.05, 3.63) is 70.3 Å². The Labute approximate surface area is 159 Å². The lowest BCUT2D eigenvalue weighted by Gasteiger charge is -2.02. The lowest BCUT2D eigenvalue weighted by Crippen LogP contribution is -2.18. The van der Waals surface area contributed by atoms with Crippen molar-refractivity contribution in [3.63, 3.8) is 0 Å². The number of amides is 1. The third-order valence-corrected chi connectivity index (χ3v) is 4.28. The van der Waals surface area contributed by atoms with Crippen LogP contribution in [0.25, 0.3) is 11.3 Å². The summed E-state index contributed by atoms with van der Waals surface area (Å²) in [5, 5.41) is 10.9. The highest BCUT2D eigenvalue weighted by atomic mass is 79.9. The molecular formula is C19H17BrN4O2. The van der Waals surface area contributed by atoms with Crippen LogP contribution in [0.4, 0.5) is 0 Å². The van der Waals surface area contributed by atoms with E-state index >= 15 is 0 Å². The van der Waals surface area contributed by atoms with E-state index in [1.807, 2.05) is 55.5 Å². The smallest absolute Gasteiger partial charge is 0.289 e. The molecule has 1 heterocycles. The Bertz CT molecular complexity index is 919. The zero-order valence-electron chi connectivity index (χ0n) is 14.1. The molecule has 26 heavy (non-hydrogen) atoms. The zero-order valence-corrected chi connectivity index (χ0v) is 15.7. The van der Waals surface area contributed by atoms with Crippen molar-refractivity contribution in [2.45, 2.75) is 6.92 Å². The second-order valence-corrected chi connectivity index (χ2v) is 6.20. The van der Waals surface area contributed by atoms with Crippen LogP contribution < -0.4 is 10.2 Å². The number of carbonyl (C=O) groups is 1. The minimum Gasteiger partial charge on any atom is -0.494 e. The van der Waals surface area contributed by atoms with Crippen LogP contribution in [0.2, 0.25) is 0 Å². The molecule has 0 spiro atoms.